The van der Waals surface area contributed by atoms with Crippen LogP contribution in [0.25, 0.3) is 0 Å². The molecule has 0 aliphatic rings. The van der Waals surface area contributed by atoms with Crippen molar-refractivity contribution in [1.29, 1.82) is 0 Å². The second kappa shape index (κ2) is 5.90. The van der Waals surface area contributed by atoms with E-state index in [1.165, 1.54) is 0 Å². The lowest BCUT2D eigenvalue weighted by Gasteiger charge is -2.13. The number of hydrogen-bond acceptors (Lipinski definition) is 2. The predicted octanol–water partition coefficient (Wildman–Crippen LogP) is 2.61. The van der Waals surface area contributed by atoms with Crippen molar-refractivity contribution in [3.8, 4) is 0 Å². The molecule has 0 amide bonds. The summed E-state index contributed by atoms with van der Waals surface area (Å²) in [4.78, 5) is 22.7. The molecule has 0 aromatic heterocycles. The molecule has 13 heavy (non-hydrogen) atoms. The molecule has 0 spiro atoms. The van der Waals surface area contributed by atoms with E-state index in [0.717, 1.165) is 6.42 Å². The van der Waals surface area contributed by atoms with E-state index in [9.17, 15) is 9.59 Å². The minimum absolute atomic E-state index is 0.0950. The first-order valence-electron chi connectivity index (χ1n) is 5.08. The van der Waals surface area contributed by atoms with Crippen LogP contribution in [0.2, 0.25) is 0 Å². The van der Waals surface area contributed by atoms with Crippen molar-refractivity contribution in [2.45, 2.75) is 47.0 Å². The second-order valence-corrected chi connectivity index (χ2v) is 3.71. The normalized spacial score (nSPS) is 15.1. The third-order valence-electron chi connectivity index (χ3n) is 2.51. The van der Waals surface area contributed by atoms with Gasteiger partial charge in [-0.15, -0.1) is 0 Å². The standard InChI is InChI=1S/C11H20O2/c1-5-8(3)11(13)9(4)7-10(12)6-2/h8-9H,5-7H2,1-4H3. The highest BCUT2D eigenvalue weighted by Gasteiger charge is 2.20. The number of hydrogen-bond donors (Lipinski definition) is 0. The van der Waals surface area contributed by atoms with E-state index >= 15 is 0 Å². The molecular weight excluding hydrogens is 164 g/mol. The number of rotatable bonds is 6. The maximum absolute atomic E-state index is 11.6. The molecule has 0 aromatic rings. The van der Waals surface area contributed by atoms with Gasteiger partial charge in [0.2, 0.25) is 0 Å². The maximum Gasteiger partial charge on any atom is 0.138 e. The van der Waals surface area contributed by atoms with Gasteiger partial charge in [-0.1, -0.05) is 27.7 Å². The summed E-state index contributed by atoms with van der Waals surface area (Å²) in [6.07, 6.45) is 1.82. The van der Waals surface area contributed by atoms with Crippen LogP contribution in [0.5, 0.6) is 0 Å². The fourth-order valence-electron chi connectivity index (χ4n) is 1.27. The molecule has 2 nitrogen and oxygen atoms in total. The van der Waals surface area contributed by atoms with Crippen LogP contribution in [0.1, 0.15) is 47.0 Å². The van der Waals surface area contributed by atoms with Gasteiger partial charge in [-0.25, -0.2) is 0 Å². The summed E-state index contributed by atoms with van der Waals surface area (Å²) >= 11 is 0. The van der Waals surface area contributed by atoms with Gasteiger partial charge < -0.3 is 0 Å². The second-order valence-electron chi connectivity index (χ2n) is 3.71. The average molecular weight is 184 g/mol. The molecule has 0 N–H and O–H groups in total. The monoisotopic (exact) mass is 184 g/mol. The molecule has 0 bridgehead atoms. The van der Waals surface area contributed by atoms with E-state index in [-0.39, 0.29) is 23.4 Å². The summed E-state index contributed by atoms with van der Waals surface area (Å²) in [7, 11) is 0. The first-order chi connectivity index (χ1) is 6.02. The minimum atomic E-state index is -0.0950. The molecular formula is C11H20O2. The number of ketones is 2. The predicted molar refractivity (Wildman–Crippen MR) is 53.5 cm³/mol. The van der Waals surface area contributed by atoms with E-state index in [0.29, 0.717) is 12.8 Å². The molecule has 2 unspecified atom stereocenters. The molecule has 0 saturated heterocycles. The Labute approximate surface area is 80.7 Å². The zero-order valence-electron chi connectivity index (χ0n) is 9.09. The zero-order valence-corrected chi connectivity index (χ0v) is 9.09. The van der Waals surface area contributed by atoms with Crippen molar-refractivity contribution in [2.75, 3.05) is 0 Å². The third-order valence-corrected chi connectivity index (χ3v) is 2.51. The Balaban J connectivity index is 4.03. The first-order valence-corrected chi connectivity index (χ1v) is 5.08. The molecule has 0 rings (SSSR count). The van der Waals surface area contributed by atoms with E-state index in [2.05, 4.69) is 0 Å². The average Bonchev–Trinajstić information content (AvgIpc) is 2.14. The summed E-state index contributed by atoms with van der Waals surface area (Å²) in [5.41, 5.74) is 0. The van der Waals surface area contributed by atoms with Gasteiger partial charge in [-0.3, -0.25) is 9.59 Å². The molecule has 0 heterocycles. The van der Waals surface area contributed by atoms with Gasteiger partial charge in [0, 0.05) is 24.7 Å². The molecule has 0 radical (unpaired) electrons. The number of carbonyl (C=O) groups excluding carboxylic acids is 2. The molecule has 0 aliphatic carbocycles. The van der Waals surface area contributed by atoms with Gasteiger partial charge >= 0.3 is 0 Å². The highest BCUT2D eigenvalue weighted by atomic mass is 16.1. The smallest absolute Gasteiger partial charge is 0.138 e. The Kier molecular flexibility index (Phi) is 5.60. The Bertz CT molecular complexity index is 185. The van der Waals surface area contributed by atoms with Gasteiger partial charge in [0.25, 0.3) is 0 Å². The molecule has 2 heteroatoms. The minimum Gasteiger partial charge on any atom is -0.300 e. The Hall–Kier alpha value is -0.660. The summed E-state index contributed by atoms with van der Waals surface area (Å²) in [5, 5.41) is 0. The highest BCUT2D eigenvalue weighted by Crippen LogP contribution is 2.14. The van der Waals surface area contributed by atoms with Crippen molar-refractivity contribution < 1.29 is 9.59 Å². The van der Waals surface area contributed by atoms with Crippen molar-refractivity contribution in [3.63, 3.8) is 0 Å². The van der Waals surface area contributed by atoms with Gasteiger partial charge in [-0.2, -0.15) is 0 Å². The van der Waals surface area contributed by atoms with E-state index in [1.54, 1.807) is 0 Å². The largest absolute Gasteiger partial charge is 0.300 e. The summed E-state index contributed by atoms with van der Waals surface area (Å²) in [6, 6.07) is 0. The van der Waals surface area contributed by atoms with Gasteiger partial charge in [-0.05, 0) is 6.42 Å². The number of carbonyl (C=O) groups is 2. The maximum atomic E-state index is 11.6. The molecule has 2 atom stereocenters. The van der Waals surface area contributed by atoms with E-state index < -0.39 is 0 Å². The molecule has 0 aromatic carbocycles. The molecule has 0 fully saturated rings. The van der Waals surface area contributed by atoms with Gasteiger partial charge in [0.15, 0.2) is 0 Å². The van der Waals surface area contributed by atoms with Crippen molar-refractivity contribution in [1.82, 2.24) is 0 Å². The quantitative estimate of drug-likeness (QED) is 0.636. The van der Waals surface area contributed by atoms with Crippen LogP contribution in [-0.4, -0.2) is 11.6 Å². The van der Waals surface area contributed by atoms with Crippen LogP contribution < -0.4 is 0 Å². The molecule has 76 valence electrons. The fraction of sp³-hybridized carbons (Fsp3) is 0.818. The Morgan fingerprint density at radius 3 is 2.00 bits per heavy atom. The van der Waals surface area contributed by atoms with Crippen molar-refractivity contribution in [2.24, 2.45) is 11.8 Å². The van der Waals surface area contributed by atoms with Crippen molar-refractivity contribution in [3.05, 3.63) is 0 Å². The Morgan fingerprint density at radius 1 is 1.08 bits per heavy atom. The first kappa shape index (κ1) is 12.3. The summed E-state index contributed by atoms with van der Waals surface area (Å²) in [5.74, 6) is 0.413. The molecule has 0 aliphatic heterocycles. The van der Waals surface area contributed by atoms with Crippen LogP contribution in [0.4, 0.5) is 0 Å². The van der Waals surface area contributed by atoms with Gasteiger partial charge in [0.1, 0.15) is 11.6 Å². The van der Waals surface area contributed by atoms with Crippen LogP contribution >= 0.6 is 0 Å². The van der Waals surface area contributed by atoms with Crippen LogP contribution in [-0.2, 0) is 9.59 Å². The van der Waals surface area contributed by atoms with Crippen LogP contribution in [0, 0.1) is 11.8 Å². The summed E-state index contributed by atoms with van der Waals surface area (Å²) in [6.45, 7) is 7.61. The number of Topliss-reactive ketones (excluding diaryl/α,β-unsaturated/α-hetero) is 2. The summed E-state index contributed by atoms with van der Waals surface area (Å²) < 4.78 is 0. The SMILES string of the molecule is CCC(=O)CC(C)C(=O)C(C)CC. The van der Waals surface area contributed by atoms with Gasteiger partial charge in [0.05, 0.1) is 0 Å². The van der Waals surface area contributed by atoms with Crippen molar-refractivity contribution >= 4 is 11.6 Å². The third kappa shape index (κ3) is 4.20. The zero-order chi connectivity index (χ0) is 10.4. The fourth-order valence-corrected chi connectivity index (χ4v) is 1.27. The van der Waals surface area contributed by atoms with E-state index in [4.69, 9.17) is 0 Å². The molecule has 0 saturated carbocycles. The lowest BCUT2D eigenvalue weighted by atomic mass is 9.90. The highest BCUT2D eigenvalue weighted by molar-refractivity contribution is 5.88. The lowest BCUT2D eigenvalue weighted by Crippen LogP contribution is -2.21. The van der Waals surface area contributed by atoms with Crippen LogP contribution in [0.3, 0.4) is 0 Å². The Morgan fingerprint density at radius 2 is 1.62 bits per heavy atom. The van der Waals surface area contributed by atoms with Crippen LogP contribution in [0.15, 0.2) is 0 Å². The lowest BCUT2D eigenvalue weighted by molar-refractivity contribution is -0.129. The topological polar surface area (TPSA) is 34.1 Å². The van der Waals surface area contributed by atoms with E-state index in [1.807, 2.05) is 27.7 Å².